The number of hydrazine groups is 1. The van der Waals surface area contributed by atoms with Gasteiger partial charge in [-0.2, -0.15) is 0 Å². The molecule has 3 amide bonds. The van der Waals surface area contributed by atoms with Crippen LogP contribution < -0.4 is 16.2 Å². The van der Waals surface area contributed by atoms with E-state index in [-0.39, 0.29) is 24.2 Å². The molecule has 0 atom stereocenters. The summed E-state index contributed by atoms with van der Waals surface area (Å²) in [5.41, 5.74) is 6.94. The molecule has 0 unspecified atom stereocenters. The summed E-state index contributed by atoms with van der Waals surface area (Å²) in [6.45, 7) is 0. The first-order valence-corrected chi connectivity index (χ1v) is 8.66. The van der Waals surface area contributed by atoms with E-state index in [1.807, 2.05) is 30.3 Å². The quantitative estimate of drug-likeness (QED) is 0.699. The molecule has 6 heteroatoms. The summed E-state index contributed by atoms with van der Waals surface area (Å²) in [7, 11) is 0. The Balaban J connectivity index is 1.42. The Morgan fingerprint density at radius 1 is 0.885 bits per heavy atom. The summed E-state index contributed by atoms with van der Waals surface area (Å²) >= 11 is 0. The standard InChI is InChI=1S/C20H21N3O3/c24-18(13-6-14-4-2-1-3-5-14)22-23-20(26)16-9-11-17(12-10-16)21-19(25)15-7-8-15/h1-5,9-12,15H,6-8,13H2,(H,21,25)(H,22,24)(H,23,26). The molecule has 0 spiro atoms. The van der Waals surface area contributed by atoms with Gasteiger partial charge in [0.1, 0.15) is 0 Å². The molecule has 3 rings (SSSR count). The Morgan fingerprint density at radius 2 is 1.58 bits per heavy atom. The number of rotatable bonds is 6. The number of aryl methyl sites for hydroxylation is 1. The number of hydrogen-bond donors (Lipinski definition) is 3. The number of hydrogen-bond acceptors (Lipinski definition) is 3. The fourth-order valence-corrected chi connectivity index (χ4v) is 2.46. The predicted molar refractivity (Wildman–Crippen MR) is 98.2 cm³/mol. The van der Waals surface area contributed by atoms with Crippen molar-refractivity contribution in [1.29, 1.82) is 0 Å². The minimum Gasteiger partial charge on any atom is -0.326 e. The van der Waals surface area contributed by atoms with Gasteiger partial charge in [0.2, 0.25) is 11.8 Å². The smallest absolute Gasteiger partial charge is 0.269 e. The van der Waals surface area contributed by atoms with Gasteiger partial charge in [0, 0.05) is 23.6 Å². The van der Waals surface area contributed by atoms with Gasteiger partial charge in [-0.25, -0.2) is 0 Å². The minimum absolute atomic E-state index is 0.0212. The van der Waals surface area contributed by atoms with Gasteiger partial charge in [-0.1, -0.05) is 30.3 Å². The molecule has 1 saturated carbocycles. The molecule has 134 valence electrons. The molecular weight excluding hydrogens is 330 g/mol. The summed E-state index contributed by atoms with van der Waals surface area (Å²) in [5, 5.41) is 2.81. The average molecular weight is 351 g/mol. The number of nitrogens with one attached hydrogen (secondary N) is 3. The Hall–Kier alpha value is -3.15. The summed E-state index contributed by atoms with van der Waals surface area (Å²) in [4.78, 5) is 35.6. The largest absolute Gasteiger partial charge is 0.326 e. The Bertz CT molecular complexity index is 784. The maximum absolute atomic E-state index is 12.1. The Labute approximate surface area is 152 Å². The van der Waals surface area contributed by atoms with E-state index in [9.17, 15) is 14.4 Å². The third kappa shape index (κ3) is 5.17. The van der Waals surface area contributed by atoms with E-state index >= 15 is 0 Å². The third-order valence-corrected chi connectivity index (χ3v) is 4.16. The Morgan fingerprint density at radius 3 is 2.23 bits per heavy atom. The summed E-state index contributed by atoms with van der Waals surface area (Å²) < 4.78 is 0. The predicted octanol–water partition coefficient (Wildman–Crippen LogP) is 2.43. The lowest BCUT2D eigenvalue weighted by atomic mass is 10.1. The number of amides is 3. The summed E-state index contributed by atoms with van der Waals surface area (Å²) in [5.74, 6) is -0.509. The molecule has 2 aromatic carbocycles. The van der Waals surface area contributed by atoms with E-state index in [2.05, 4.69) is 16.2 Å². The monoisotopic (exact) mass is 351 g/mol. The number of benzene rings is 2. The minimum atomic E-state index is -0.405. The van der Waals surface area contributed by atoms with Crippen LogP contribution in [0, 0.1) is 5.92 Å². The maximum atomic E-state index is 12.1. The second-order valence-electron chi connectivity index (χ2n) is 6.33. The van der Waals surface area contributed by atoms with Crippen LogP contribution in [0.15, 0.2) is 54.6 Å². The molecule has 2 aromatic rings. The van der Waals surface area contributed by atoms with Gasteiger partial charge in [-0.15, -0.1) is 0 Å². The first kappa shape index (κ1) is 17.7. The topological polar surface area (TPSA) is 87.3 Å². The van der Waals surface area contributed by atoms with Crippen molar-refractivity contribution in [3.8, 4) is 0 Å². The average Bonchev–Trinajstić information content (AvgIpc) is 3.51. The van der Waals surface area contributed by atoms with Crippen LogP contribution in [0.1, 0.15) is 35.2 Å². The van der Waals surface area contributed by atoms with Crippen LogP contribution in [-0.2, 0) is 16.0 Å². The highest BCUT2D eigenvalue weighted by molar-refractivity contribution is 5.97. The SMILES string of the molecule is O=C(CCc1ccccc1)NNC(=O)c1ccc(NC(=O)C2CC2)cc1. The van der Waals surface area contributed by atoms with E-state index in [4.69, 9.17) is 0 Å². The highest BCUT2D eigenvalue weighted by atomic mass is 16.2. The fourth-order valence-electron chi connectivity index (χ4n) is 2.46. The van der Waals surface area contributed by atoms with Crippen molar-refractivity contribution < 1.29 is 14.4 Å². The molecule has 26 heavy (non-hydrogen) atoms. The molecule has 1 aliphatic carbocycles. The molecule has 0 bridgehead atoms. The van der Waals surface area contributed by atoms with Gasteiger partial charge >= 0.3 is 0 Å². The lowest BCUT2D eigenvalue weighted by Gasteiger charge is -2.09. The van der Waals surface area contributed by atoms with Crippen molar-refractivity contribution in [2.45, 2.75) is 25.7 Å². The molecule has 0 aromatic heterocycles. The van der Waals surface area contributed by atoms with Crippen LogP contribution in [0.4, 0.5) is 5.69 Å². The number of carbonyl (C=O) groups is 3. The van der Waals surface area contributed by atoms with E-state index in [0.717, 1.165) is 18.4 Å². The van der Waals surface area contributed by atoms with Crippen LogP contribution in [0.2, 0.25) is 0 Å². The number of carbonyl (C=O) groups excluding carboxylic acids is 3. The van der Waals surface area contributed by atoms with Crippen molar-refractivity contribution in [2.75, 3.05) is 5.32 Å². The van der Waals surface area contributed by atoms with Gasteiger partial charge in [0.05, 0.1) is 0 Å². The van der Waals surface area contributed by atoms with Crippen LogP contribution in [0.5, 0.6) is 0 Å². The molecule has 1 aliphatic rings. The molecule has 6 nitrogen and oxygen atoms in total. The third-order valence-electron chi connectivity index (χ3n) is 4.16. The lowest BCUT2D eigenvalue weighted by molar-refractivity contribution is -0.121. The zero-order valence-electron chi connectivity index (χ0n) is 14.3. The maximum Gasteiger partial charge on any atom is 0.269 e. The molecule has 0 radical (unpaired) electrons. The zero-order chi connectivity index (χ0) is 18.4. The van der Waals surface area contributed by atoms with Crippen molar-refractivity contribution >= 4 is 23.4 Å². The highest BCUT2D eigenvalue weighted by Crippen LogP contribution is 2.30. The van der Waals surface area contributed by atoms with Gasteiger partial charge in [0.25, 0.3) is 5.91 Å². The molecule has 0 heterocycles. The summed E-state index contributed by atoms with van der Waals surface area (Å²) in [6, 6.07) is 16.2. The van der Waals surface area contributed by atoms with Crippen LogP contribution in [0.25, 0.3) is 0 Å². The second kappa shape index (κ2) is 8.29. The van der Waals surface area contributed by atoms with Gasteiger partial charge in [-0.3, -0.25) is 25.2 Å². The van der Waals surface area contributed by atoms with Crippen LogP contribution in [0.3, 0.4) is 0 Å². The van der Waals surface area contributed by atoms with E-state index in [1.54, 1.807) is 24.3 Å². The molecule has 0 saturated heterocycles. The second-order valence-corrected chi connectivity index (χ2v) is 6.33. The van der Waals surface area contributed by atoms with Crippen molar-refractivity contribution in [2.24, 2.45) is 5.92 Å². The van der Waals surface area contributed by atoms with Crippen molar-refractivity contribution in [1.82, 2.24) is 10.9 Å². The normalized spacial score (nSPS) is 12.9. The van der Waals surface area contributed by atoms with Crippen molar-refractivity contribution in [3.63, 3.8) is 0 Å². The van der Waals surface area contributed by atoms with E-state index < -0.39 is 5.91 Å². The van der Waals surface area contributed by atoms with Gasteiger partial charge in [0.15, 0.2) is 0 Å². The van der Waals surface area contributed by atoms with E-state index in [0.29, 0.717) is 17.7 Å². The van der Waals surface area contributed by atoms with Gasteiger partial charge in [-0.05, 0) is 49.1 Å². The van der Waals surface area contributed by atoms with Crippen LogP contribution >= 0.6 is 0 Å². The Kier molecular flexibility index (Phi) is 5.63. The van der Waals surface area contributed by atoms with Crippen molar-refractivity contribution in [3.05, 3.63) is 65.7 Å². The lowest BCUT2D eigenvalue weighted by Crippen LogP contribution is -2.41. The van der Waals surface area contributed by atoms with E-state index in [1.165, 1.54) is 0 Å². The molecular formula is C20H21N3O3. The zero-order valence-corrected chi connectivity index (χ0v) is 14.3. The first-order valence-electron chi connectivity index (χ1n) is 8.66. The van der Waals surface area contributed by atoms with Gasteiger partial charge < -0.3 is 5.32 Å². The molecule has 3 N–H and O–H groups in total. The molecule has 0 aliphatic heterocycles. The molecule has 1 fully saturated rings. The summed E-state index contributed by atoms with van der Waals surface area (Å²) in [6.07, 6.45) is 2.78. The fraction of sp³-hybridized carbons (Fsp3) is 0.250. The highest BCUT2D eigenvalue weighted by Gasteiger charge is 2.29. The first-order chi connectivity index (χ1) is 12.6. The van der Waals surface area contributed by atoms with Crippen LogP contribution in [-0.4, -0.2) is 17.7 Å². The number of anilines is 1.